The highest BCUT2D eigenvalue weighted by Gasteiger charge is 2.16. The second kappa shape index (κ2) is 6.81. The number of hydrogen-bond donors (Lipinski definition) is 1. The summed E-state index contributed by atoms with van der Waals surface area (Å²) in [6, 6.07) is 7.45. The Kier molecular flexibility index (Phi) is 5.05. The fourth-order valence-corrected chi connectivity index (χ4v) is 2.43. The van der Waals surface area contributed by atoms with E-state index in [0.29, 0.717) is 0 Å². The number of ether oxygens (including phenoxy) is 1. The molecule has 0 spiro atoms. The van der Waals surface area contributed by atoms with Gasteiger partial charge in [0, 0.05) is 18.8 Å². The summed E-state index contributed by atoms with van der Waals surface area (Å²) in [5.74, 6) is 0.0730. The van der Waals surface area contributed by atoms with Gasteiger partial charge < -0.3 is 19.5 Å². The fraction of sp³-hybridized carbons (Fsp3) is 0.333. The van der Waals surface area contributed by atoms with E-state index in [4.69, 9.17) is 9.26 Å². The molecule has 1 aliphatic heterocycles. The summed E-state index contributed by atoms with van der Waals surface area (Å²) in [6.07, 6.45) is 1.04. The van der Waals surface area contributed by atoms with E-state index in [2.05, 4.69) is 28.5 Å². The van der Waals surface area contributed by atoms with Crippen LogP contribution in [-0.2, 0) is 13.0 Å². The maximum absolute atomic E-state index is 12.1. The third-order valence-electron chi connectivity index (χ3n) is 3.59. The number of carbonyl (C=O) groups excluding carboxylic acids is 1. The zero-order valence-corrected chi connectivity index (χ0v) is 13.3. The molecule has 118 valence electrons. The Morgan fingerprint density at radius 3 is 2.91 bits per heavy atom. The van der Waals surface area contributed by atoms with Crippen LogP contribution in [0.5, 0.6) is 5.88 Å². The molecule has 1 N–H and O–H groups in total. The van der Waals surface area contributed by atoms with Crippen molar-refractivity contribution < 1.29 is 14.1 Å². The second-order valence-electron chi connectivity index (χ2n) is 5.16. The number of fused-ring (bicyclic) bond motifs is 1. The van der Waals surface area contributed by atoms with E-state index < -0.39 is 0 Å². The van der Waals surface area contributed by atoms with Crippen LogP contribution in [-0.4, -0.2) is 36.7 Å². The largest absolute Gasteiger partial charge is 0.479 e. The second-order valence-corrected chi connectivity index (χ2v) is 5.16. The number of anilines is 1. The molecule has 1 aromatic carbocycles. The highest BCUT2D eigenvalue weighted by Crippen LogP contribution is 2.22. The summed E-state index contributed by atoms with van der Waals surface area (Å²) in [6.45, 7) is 1.96. The lowest BCUT2D eigenvalue weighted by Crippen LogP contribution is -2.26. The van der Waals surface area contributed by atoms with Crippen LogP contribution in [0.1, 0.15) is 21.7 Å². The van der Waals surface area contributed by atoms with Gasteiger partial charge in [-0.1, -0.05) is 6.07 Å². The summed E-state index contributed by atoms with van der Waals surface area (Å²) in [5.41, 5.74) is 3.34. The van der Waals surface area contributed by atoms with E-state index in [1.54, 1.807) is 0 Å². The Morgan fingerprint density at radius 1 is 1.36 bits per heavy atom. The number of nitrogens with zero attached hydrogens (tertiary/aromatic N) is 2. The average molecular weight is 324 g/mol. The van der Waals surface area contributed by atoms with Crippen LogP contribution in [0.25, 0.3) is 0 Å². The van der Waals surface area contributed by atoms with E-state index in [9.17, 15) is 4.79 Å². The SMILES string of the molecule is COc1cc(C(=O)Nc2ccc3c(c2)CN(C)CC3)on1.Cl. The van der Waals surface area contributed by atoms with Gasteiger partial charge in [-0.3, -0.25) is 4.79 Å². The number of halogens is 1. The molecule has 3 rings (SSSR count). The molecule has 7 heteroatoms. The summed E-state index contributed by atoms with van der Waals surface area (Å²) >= 11 is 0. The van der Waals surface area contributed by atoms with Gasteiger partial charge >= 0.3 is 0 Å². The molecule has 0 aliphatic carbocycles. The highest BCUT2D eigenvalue weighted by atomic mass is 35.5. The molecule has 2 heterocycles. The predicted octanol–water partition coefficient (Wildman–Crippen LogP) is 2.35. The first-order valence-electron chi connectivity index (χ1n) is 6.78. The maximum Gasteiger partial charge on any atom is 0.294 e. The molecular weight excluding hydrogens is 306 g/mol. The Hall–Kier alpha value is -2.05. The number of aromatic nitrogens is 1. The minimum absolute atomic E-state index is 0. The van der Waals surface area contributed by atoms with Crippen molar-refractivity contribution in [2.75, 3.05) is 26.0 Å². The number of carbonyl (C=O) groups is 1. The number of hydrogen-bond acceptors (Lipinski definition) is 5. The van der Waals surface area contributed by atoms with Crippen molar-refractivity contribution in [3.63, 3.8) is 0 Å². The fourth-order valence-electron chi connectivity index (χ4n) is 2.43. The number of nitrogens with one attached hydrogen (secondary N) is 1. The zero-order chi connectivity index (χ0) is 14.8. The van der Waals surface area contributed by atoms with Gasteiger partial charge in [-0.15, -0.1) is 12.4 Å². The molecule has 22 heavy (non-hydrogen) atoms. The van der Waals surface area contributed by atoms with Crippen LogP contribution >= 0.6 is 12.4 Å². The van der Waals surface area contributed by atoms with Gasteiger partial charge in [0.15, 0.2) is 0 Å². The smallest absolute Gasteiger partial charge is 0.294 e. The van der Waals surface area contributed by atoms with Crippen LogP contribution in [0, 0.1) is 0 Å². The summed E-state index contributed by atoms with van der Waals surface area (Å²) < 4.78 is 9.81. The third-order valence-corrected chi connectivity index (χ3v) is 3.59. The molecule has 2 aromatic rings. The first kappa shape index (κ1) is 16.3. The standard InChI is InChI=1S/C15H17N3O3.ClH/c1-18-6-5-10-3-4-12(7-11(10)9-18)16-15(19)13-8-14(20-2)17-21-13;/h3-4,7-8H,5-6,9H2,1-2H3,(H,16,19);1H. The summed E-state index contributed by atoms with van der Waals surface area (Å²) in [4.78, 5) is 14.3. The zero-order valence-electron chi connectivity index (χ0n) is 12.5. The van der Waals surface area contributed by atoms with Gasteiger partial charge in [-0.25, -0.2) is 0 Å². The van der Waals surface area contributed by atoms with Crippen LogP contribution < -0.4 is 10.1 Å². The third kappa shape index (κ3) is 3.40. The number of methoxy groups -OCH3 is 1. The summed E-state index contributed by atoms with van der Waals surface area (Å²) in [5, 5.41) is 6.43. The Balaban J connectivity index is 0.00000176. The topological polar surface area (TPSA) is 67.6 Å². The predicted molar refractivity (Wildman–Crippen MR) is 84.7 cm³/mol. The number of likely N-dealkylation sites (N-methyl/N-ethyl adjacent to an activating group) is 1. The quantitative estimate of drug-likeness (QED) is 0.939. The van der Waals surface area contributed by atoms with Crippen LogP contribution in [0.15, 0.2) is 28.8 Å². The molecule has 1 aromatic heterocycles. The average Bonchev–Trinajstić information content (AvgIpc) is 2.96. The van der Waals surface area contributed by atoms with E-state index >= 15 is 0 Å². The molecule has 6 nitrogen and oxygen atoms in total. The number of amides is 1. The van der Waals surface area contributed by atoms with Gasteiger partial charge in [0.05, 0.1) is 13.2 Å². The first-order valence-corrected chi connectivity index (χ1v) is 6.78. The molecule has 1 amide bonds. The first-order chi connectivity index (χ1) is 10.2. The van der Waals surface area contributed by atoms with Crippen LogP contribution in [0.3, 0.4) is 0 Å². The normalized spacial score (nSPS) is 13.9. The lowest BCUT2D eigenvalue weighted by molar-refractivity contribution is 0.0987. The molecular formula is C15H18ClN3O3. The van der Waals surface area contributed by atoms with E-state index in [-0.39, 0.29) is 30.0 Å². The van der Waals surface area contributed by atoms with Gasteiger partial charge in [0.2, 0.25) is 5.76 Å². The van der Waals surface area contributed by atoms with Crippen molar-refractivity contribution in [2.45, 2.75) is 13.0 Å². The molecule has 0 bridgehead atoms. The van der Waals surface area contributed by atoms with Crippen molar-refractivity contribution in [1.82, 2.24) is 10.1 Å². The molecule has 0 fully saturated rings. The minimum Gasteiger partial charge on any atom is -0.479 e. The van der Waals surface area contributed by atoms with Crippen molar-refractivity contribution in [3.05, 3.63) is 41.2 Å². The van der Waals surface area contributed by atoms with Gasteiger partial charge in [0.25, 0.3) is 11.8 Å². The molecule has 0 saturated heterocycles. The van der Waals surface area contributed by atoms with Crippen LogP contribution in [0.4, 0.5) is 5.69 Å². The van der Waals surface area contributed by atoms with Gasteiger partial charge in [0.1, 0.15) is 0 Å². The van der Waals surface area contributed by atoms with Crippen molar-refractivity contribution in [3.8, 4) is 5.88 Å². The lowest BCUT2D eigenvalue weighted by Gasteiger charge is -2.25. The highest BCUT2D eigenvalue weighted by molar-refractivity contribution is 6.02. The monoisotopic (exact) mass is 323 g/mol. The Bertz CT molecular complexity index is 672. The molecule has 0 atom stereocenters. The molecule has 1 aliphatic rings. The lowest BCUT2D eigenvalue weighted by atomic mass is 9.99. The van der Waals surface area contributed by atoms with Gasteiger partial charge in [-0.05, 0) is 41.9 Å². The van der Waals surface area contributed by atoms with Crippen molar-refractivity contribution in [1.29, 1.82) is 0 Å². The van der Waals surface area contributed by atoms with Crippen molar-refractivity contribution in [2.24, 2.45) is 0 Å². The van der Waals surface area contributed by atoms with Crippen LogP contribution in [0.2, 0.25) is 0 Å². The Morgan fingerprint density at radius 2 is 2.18 bits per heavy atom. The molecule has 0 saturated carbocycles. The van der Waals surface area contributed by atoms with E-state index in [1.807, 2.05) is 12.1 Å². The Labute approximate surface area is 134 Å². The number of benzene rings is 1. The van der Waals surface area contributed by atoms with Crippen molar-refractivity contribution >= 4 is 24.0 Å². The number of rotatable bonds is 3. The van der Waals surface area contributed by atoms with E-state index in [1.165, 1.54) is 24.3 Å². The maximum atomic E-state index is 12.1. The minimum atomic E-state index is -0.338. The molecule has 0 unspecified atom stereocenters. The molecule has 0 radical (unpaired) electrons. The van der Waals surface area contributed by atoms with Gasteiger partial charge in [-0.2, -0.15) is 0 Å². The summed E-state index contributed by atoms with van der Waals surface area (Å²) in [7, 11) is 3.56. The van der Waals surface area contributed by atoms with E-state index in [0.717, 1.165) is 25.2 Å².